The first-order valence-corrected chi connectivity index (χ1v) is 8.16. The highest BCUT2D eigenvalue weighted by Crippen LogP contribution is 2.38. The molecule has 0 radical (unpaired) electrons. The smallest absolute Gasteiger partial charge is 0.224 e. The second-order valence-corrected chi connectivity index (χ2v) is 6.03. The number of benzene rings is 2. The van der Waals surface area contributed by atoms with Crippen molar-refractivity contribution in [3.8, 4) is 17.2 Å². The fourth-order valence-corrected chi connectivity index (χ4v) is 2.78. The highest BCUT2D eigenvalue weighted by molar-refractivity contribution is 9.10. The molecule has 0 aromatic heterocycles. The van der Waals surface area contributed by atoms with Gasteiger partial charge in [-0.2, -0.15) is 0 Å². The molecule has 0 aliphatic heterocycles. The van der Waals surface area contributed by atoms with Gasteiger partial charge in [0.15, 0.2) is 11.5 Å². The van der Waals surface area contributed by atoms with Crippen molar-refractivity contribution in [3.63, 3.8) is 0 Å². The molecule has 24 heavy (non-hydrogen) atoms. The number of nitrogens with one attached hydrogen (secondary N) is 1. The van der Waals surface area contributed by atoms with E-state index < -0.39 is 0 Å². The van der Waals surface area contributed by atoms with Crippen LogP contribution < -0.4 is 19.5 Å². The van der Waals surface area contributed by atoms with Gasteiger partial charge in [0.2, 0.25) is 11.7 Å². The monoisotopic (exact) mass is 393 g/mol. The van der Waals surface area contributed by atoms with Crippen molar-refractivity contribution in [1.29, 1.82) is 0 Å². The van der Waals surface area contributed by atoms with Crippen LogP contribution in [0.3, 0.4) is 0 Å². The van der Waals surface area contributed by atoms with Crippen LogP contribution in [0.5, 0.6) is 17.2 Å². The normalized spacial score (nSPS) is 10.2. The average Bonchev–Trinajstić information content (AvgIpc) is 2.58. The Morgan fingerprint density at radius 2 is 1.67 bits per heavy atom. The zero-order valence-electron chi connectivity index (χ0n) is 13.9. The Morgan fingerprint density at radius 3 is 2.21 bits per heavy atom. The van der Waals surface area contributed by atoms with Gasteiger partial charge in [-0.3, -0.25) is 4.79 Å². The number of ether oxygens (including phenoxy) is 3. The largest absolute Gasteiger partial charge is 0.493 e. The second-order valence-electron chi connectivity index (χ2n) is 5.12. The van der Waals surface area contributed by atoms with Crippen molar-refractivity contribution in [1.82, 2.24) is 5.32 Å². The summed E-state index contributed by atoms with van der Waals surface area (Å²) in [6.07, 6.45) is 0.323. The first-order chi connectivity index (χ1) is 11.6. The van der Waals surface area contributed by atoms with E-state index in [2.05, 4.69) is 21.2 Å². The zero-order valence-corrected chi connectivity index (χ0v) is 15.5. The Bertz CT molecular complexity index is 693. The van der Waals surface area contributed by atoms with Gasteiger partial charge in [-0.05, 0) is 35.4 Å². The van der Waals surface area contributed by atoms with E-state index in [1.807, 2.05) is 36.4 Å². The Kier molecular flexibility index (Phi) is 6.49. The van der Waals surface area contributed by atoms with Crippen LogP contribution in [0.2, 0.25) is 0 Å². The fraction of sp³-hybridized carbons (Fsp3) is 0.278. The molecule has 0 atom stereocenters. The number of hydrogen-bond donors (Lipinski definition) is 1. The van der Waals surface area contributed by atoms with E-state index in [1.54, 1.807) is 21.3 Å². The summed E-state index contributed by atoms with van der Waals surface area (Å²) in [7, 11) is 4.68. The maximum Gasteiger partial charge on any atom is 0.224 e. The van der Waals surface area contributed by atoms with E-state index in [1.165, 1.54) is 0 Å². The summed E-state index contributed by atoms with van der Waals surface area (Å²) in [6.45, 7) is 0.379. The second kappa shape index (κ2) is 8.59. The fourth-order valence-electron chi connectivity index (χ4n) is 2.33. The molecule has 128 valence electrons. The Labute approximate surface area is 150 Å². The molecule has 0 bridgehead atoms. The zero-order chi connectivity index (χ0) is 17.5. The Morgan fingerprint density at radius 1 is 1.00 bits per heavy atom. The molecular weight excluding hydrogens is 374 g/mol. The van der Waals surface area contributed by atoms with Gasteiger partial charge in [0.1, 0.15) is 0 Å². The van der Waals surface area contributed by atoms with Crippen LogP contribution in [-0.2, 0) is 17.8 Å². The highest BCUT2D eigenvalue weighted by atomic mass is 79.9. The van der Waals surface area contributed by atoms with Crippen molar-refractivity contribution in [3.05, 3.63) is 52.0 Å². The topological polar surface area (TPSA) is 56.8 Å². The molecule has 0 aliphatic carbocycles. The van der Waals surface area contributed by atoms with Crippen LogP contribution in [0.15, 0.2) is 40.9 Å². The van der Waals surface area contributed by atoms with Gasteiger partial charge >= 0.3 is 0 Å². The number of methoxy groups -OCH3 is 3. The van der Waals surface area contributed by atoms with Crippen molar-refractivity contribution < 1.29 is 19.0 Å². The van der Waals surface area contributed by atoms with E-state index in [9.17, 15) is 4.79 Å². The highest BCUT2D eigenvalue weighted by Gasteiger charge is 2.13. The molecule has 0 heterocycles. The molecule has 2 rings (SSSR count). The lowest BCUT2D eigenvalue weighted by molar-refractivity contribution is -0.120. The molecule has 5 nitrogen and oxygen atoms in total. The first kappa shape index (κ1) is 18.1. The molecule has 1 amide bonds. The van der Waals surface area contributed by atoms with Gasteiger partial charge in [0.05, 0.1) is 27.8 Å². The predicted molar refractivity (Wildman–Crippen MR) is 95.8 cm³/mol. The van der Waals surface area contributed by atoms with Crippen LogP contribution in [0.4, 0.5) is 0 Å². The third kappa shape index (κ3) is 4.64. The minimum Gasteiger partial charge on any atom is -0.493 e. The number of amides is 1. The van der Waals surface area contributed by atoms with Gasteiger partial charge in [0.25, 0.3) is 0 Å². The number of rotatable bonds is 7. The third-order valence-electron chi connectivity index (χ3n) is 3.47. The number of halogens is 1. The third-order valence-corrected chi connectivity index (χ3v) is 3.96. The standard InChI is InChI=1S/C18H20BrNO4/c1-22-15-8-13(9-16(23-2)18(15)24-3)11-20-17(21)10-12-5-4-6-14(19)7-12/h4-9H,10-11H2,1-3H3,(H,20,21). The minimum absolute atomic E-state index is 0.0538. The lowest BCUT2D eigenvalue weighted by Crippen LogP contribution is -2.24. The van der Waals surface area contributed by atoms with E-state index in [4.69, 9.17) is 14.2 Å². The minimum atomic E-state index is -0.0538. The SMILES string of the molecule is COc1cc(CNC(=O)Cc2cccc(Br)c2)cc(OC)c1OC. The number of hydrogen-bond acceptors (Lipinski definition) is 4. The quantitative estimate of drug-likeness (QED) is 0.783. The number of carbonyl (C=O) groups excluding carboxylic acids is 1. The summed E-state index contributed by atoms with van der Waals surface area (Å²) in [6, 6.07) is 11.3. The average molecular weight is 394 g/mol. The van der Waals surface area contributed by atoms with E-state index in [0.717, 1.165) is 15.6 Å². The van der Waals surface area contributed by atoms with Crippen molar-refractivity contribution in [2.45, 2.75) is 13.0 Å². The van der Waals surface area contributed by atoms with Gasteiger partial charge < -0.3 is 19.5 Å². The van der Waals surface area contributed by atoms with Crippen LogP contribution in [0, 0.1) is 0 Å². The Balaban J connectivity index is 2.04. The molecule has 0 saturated heterocycles. The maximum absolute atomic E-state index is 12.1. The molecule has 2 aromatic carbocycles. The van der Waals surface area contributed by atoms with Crippen molar-refractivity contribution in [2.24, 2.45) is 0 Å². The Hall–Kier alpha value is -2.21. The van der Waals surface area contributed by atoms with E-state index in [-0.39, 0.29) is 5.91 Å². The molecule has 6 heteroatoms. The molecule has 0 unspecified atom stereocenters. The summed E-state index contributed by atoms with van der Waals surface area (Å²) in [5, 5.41) is 2.90. The molecule has 0 aliphatic rings. The lowest BCUT2D eigenvalue weighted by atomic mass is 10.1. The van der Waals surface area contributed by atoms with Gasteiger partial charge in [0, 0.05) is 11.0 Å². The molecule has 2 aromatic rings. The predicted octanol–water partition coefficient (Wildman–Crippen LogP) is 3.33. The molecule has 0 spiro atoms. The summed E-state index contributed by atoms with van der Waals surface area (Å²) in [5.74, 6) is 1.60. The van der Waals surface area contributed by atoms with Crippen LogP contribution in [-0.4, -0.2) is 27.2 Å². The van der Waals surface area contributed by atoms with Crippen LogP contribution in [0.25, 0.3) is 0 Å². The maximum atomic E-state index is 12.1. The number of carbonyl (C=O) groups is 1. The molecule has 0 saturated carbocycles. The summed E-state index contributed by atoms with van der Waals surface area (Å²) in [4.78, 5) is 12.1. The summed E-state index contributed by atoms with van der Waals surface area (Å²) < 4.78 is 16.9. The van der Waals surface area contributed by atoms with Crippen LogP contribution in [0.1, 0.15) is 11.1 Å². The van der Waals surface area contributed by atoms with Gasteiger partial charge in [-0.1, -0.05) is 28.1 Å². The summed E-state index contributed by atoms with van der Waals surface area (Å²) >= 11 is 3.40. The summed E-state index contributed by atoms with van der Waals surface area (Å²) in [5.41, 5.74) is 1.82. The van der Waals surface area contributed by atoms with Crippen LogP contribution >= 0.6 is 15.9 Å². The van der Waals surface area contributed by atoms with E-state index >= 15 is 0 Å². The molecule has 1 N–H and O–H groups in total. The molecule has 0 fully saturated rings. The van der Waals surface area contributed by atoms with Gasteiger partial charge in [-0.25, -0.2) is 0 Å². The molecular formula is C18H20BrNO4. The van der Waals surface area contributed by atoms with Crippen molar-refractivity contribution in [2.75, 3.05) is 21.3 Å². The lowest BCUT2D eigenvalue weighted by Gasteiger charge is -2.14. The van der Waals surface area contributed by atoms with Crippen molar-refractivity contribution >= 4 is 21.8 Å². The first-order valence-electron chi connectivity index (χ1n) is 7.37. The van der Waals surface area contributed by atoms with E-state index in [0.29, 0.717) is 30.2 Å². The van der Waals surface area contributed by atoms with Gasteiger partial charge in [-0.15, -0.1) is 0 Å².